The van der Waals surface area contributed by atoms with Gasteiger partial charge in [0.1, 0.15) is 6.61 Å². The summed E-state index contributed by atoms with van der Waals surface area (Å²) in [5.41, 5.74) is -0.698. The molecular formula is C44H65NO12S. The maximum absolute atomic E-state index is 14.5. The number of amides is 1. The van der Waals surface area contributed by atoms with Crippen molar-refractivity contribution in [2.45, 2.75) is 165 Å². The lowest BCUT2D eigenvalue weighted by Crippen LogP contribution is -2.70. The third-order valence-electron chi connectivity index (χ3n) is 16.2. The zero-order valence-electron chi connectivity index (χ0n) is 35.6. The highest BCUT2D eigenvalue weighted by Gasteiger charge is 2.71. The van der Waals surface area contributed by atoms with E-state index in [2.05, 4.69) is 27.7 Å². The molecule has 8 aliphatic heterocycles. The summed E-state index contributed by atoms with van der Waals surface area (Å²) >= 11 is 0. The molecule has 2 spiro atoms. The zero-order chi connectivity index (χ0) is 41.0. The fourth-order valence-corrected chi connectivity index (χ4v) is 14.5. The summed E-state index contributed by atoms with van der Waals surface area (Å²) in [6, 6.07) is 6.66. The summed E-state index contributed by atoms with van der Waals surface area (Å²) in [5, 5.41) is 0. The number of hydrogen-bond donors (Lipinski definition) is 0. The van der Waals surface area contributed by atoms with E-state index in [1.165, 1.54) is 4.90 Å². The standard InChI is InChI=1S/C44H65NO12S/c1-25-9-15-34-27(3)36(50-38-43(34)32(25)17-19-41(5,52-38)54-56-43)21-30(24-58(47,48)31-13-11-29(12-14-31)23-49-40(46)45(7)8)22-37-28(4)35-16-10-26(2)33-18-20-42(6)53-39(51-37)44(33,35)57-55-42/h11-14,25-28,30,32-39H,9-10,15-24H2,1-8H3/t25-,26-,27-,28-,32+,33+,34+,35+,36-,37-,38-,39-,41+,42+,43-,44-/m1/s1. The van der Waals surface area contributed by atoms with Crippen molar-refractivity contribution in [3.8, 4) is 0 Å². The van der Waals surface area contributed by atoms with Gasteiger partial charge < -0.3 is 28.6 Å². The second-order valence-corrected chi connectivity index (χ2v) is 22.1. The second-order valence-electron chi connectivity index (χ2n) is 20.1. The average molecular weight is 832 g/mol. The van der Waals surface area contributed by atoms with E-state index in [0.29, 0.717) is 30.2 Å². The number of carbonyl (C=O) groups is 1. The minimum Gasteiger partial charge on any atom is -0.445 e. The summed E-state index contributed by atoms with van der Waals surface area (Å²) in [6.07, 6.45) is 6.22. The van der Waals surface area contributed by atoms with Crippen molar-refractivity contribution in [3.63, 3.8) is 0 Å². The SMILES string of the molecule is C[C@H]1[C@@H](CC(C[C@H]2O[C@@H]3O[C@]4(C)CC[C@H]5[C@H](C)CC[C@@H]([C@H]2C)[C@@]35OO4)CS(=O)(=O)c2ccc(COC(=O)N(C)C)cc2)O[C@@H]2O[C@]3(C)CC[C@H]4[C@H](C)CC[C@@H]1[C@@]24OO3. The molecule has 4 bridgehead atoms. The monoisotopic (exact) mass is 831 g/mol. The lowest BCUT2D eigenvalue weighted by molar-refractivity contribution is -0.571. The van der Waals surface area contributed by atoms with Crippen LogP contribution in [0.1, 0.15) is 111 Å². The highest BCUT2D eigenvalue weighted by atomic mass is 32.2. The Morgan fingerprint density at radius 3 is 1.67 bits per heavy atom. The number of benzene rings is 1. The number of rotatable bonds is 9. The van der Waals surface area contributed by atoms with Gasteiger partial charge >= 0.3 is 6.09 Å². The van der Waals surface area contributed by atoms with Crippen LogP contribution in [0, 0.1) is 53.3 Å². The molecular weight excluding hydrogens is 767 g/mol. The highest BCUT2D eigenvalue weighted by molar-refractivity contribution is 7.91. The topological polar surface area (TPSA) is 138 Å². The van der Waals surface area contributed by atoms with E-state index in [-0.39, 0.29) is 70.9 Å². The molecule has 1 aromatic carbocycles. The van der Waals surface area contributed by atoms with E-state index in [0.717, 1.165) is 51.4 Å². The molecule has 10 aliphatic rings. The molecule has 0 N–H and O–H groups in total. The lowest BCUT2D eigenvalue weighted by atomic mass is 9.56. The fraction of sp³-hybridized carbons (Fsp3) is 0.841. The van der Waals surface area contributed by atoms with Crippen LogP contribution in [0.25, 0.3) is 0 Å². The zero-order valence-corrected chi connectivity index (χ0v) is 36.4. The smallest absolute Gasteiger partial charge is 0.409 e. The Bertz CT molecular complexity index is 1730. The van der Waals surface area contributed by atoms with Crippen LogP contribution < -0.4 is 0 Å². The Kier molecular flexibility index (Phi) is 10.6. The third kappa shape index (κ3) is 6.78. The summed E-state index contributed by atoms with van der Waals surface area (Å²) < 4.78 is 61.9. The van der Waals surface area contributed by atoms with E-state index < -0.39 is 51.3 Å². The molecule has 58 heavy (non-hydrogen) atoms. The molecule has 1 amide bonds. The van der Waals surface area contributed by atoms with Gasteiger partial charge in [0, 0.05) is 38.8 Å². The van der Waals surface area contributed by atoms with Gasteiger partial charge in [0.25, 0.3) is 0 Å². The van der Waals surface area contributed by atoms with E-state index in [4.69, 9.17) is 43.2 Å². The molecule has 8 saturated heterocycles. The van der Waals surface area contributed by atoms with Crippen molar-refractivity contribution in [1.82, 2.24) is 4.90 Å². The van der Waals surface area contributed by atoms with Crippen molar-refractivity contribution in [2.24, 2.45) is 53.3 Å². The van der Waals surface area contributed by atoms with Gasteiger partial charge in [-0.3, -0.25) is 0 Å². The van der Waals surface area contributed by atoms with Gasteiger partial charge in [0.15, 0.2) is 33.6 Å². The van der Waals surface area contributed by atoms with Gasteiger partial charge in [-0.25, -0.2) is 32.8 Å². The third-order valence-corrected chi connectivity index (χ3v) is 18.1. The molecule has 2 aliphatic carbocycles. The molecule has 8 heterocycles. The Hall–Kier alpha value is -1.88. The van der Waals surface area contributed by atoms with Crippen LogP contribution >= 0.6 is 0 Å². The Morgan fingerprint density at radius 1 is 0.724 bits per heavy atom. The van der Waals surface area contributed by atoms with Crippen molar-refractivity contribution >= 4 is 15.9 Å². The Morgan fingerprint density at radius 2 is 1.21 bits per heavy atom. The molecule has 13 nitrogen and oxygen atoms in total. The minimum atomic E-state index is -3.78. The van der Waals surface area contributed by atoms with E-state index in [1.807, 2.05) is 13.8 Å². The first kappa shape index (κ1) is 41.5. The van der Waals surface area contributed by atoms with Crippen molar-refractivity contribution in [2.75, 3.05) is 19.8 Å². The Balaban J connectivity index is 1.01. The average Bonchev–Trinajstić information content (AvgIpc) is 3.56. The number of carbonyl (C=O) groups excluding carboxylic acids is 1. The fourth-order valence-electron chi connectivity index (χ4n) is 12.9. The first-order valence-electron chi connectivity index (χ1n) is 22.0. The summed E-state index contributed by atoms with van der Waals surface area (Å²) in [7, 11) is -0.544. The van der Waals surface area contributed by atoms with Crippen molar-refractivity contribution in [3.05, 3.63) is 29.8 Å². The maximum atomic E-state index is 14.5. The number of hydrogen-bond acceptors (Lipinski definition) is 12. The Labute approximate surface area is 344 Å². The lowest BCUT2D eigenvalue weighted by Gasteiger charge is -2.61. The minimum absolute atomic E-state index is 0.0481. The number of ether oxygens (including phenoxy) is 5. The molecule has 1 aromatic rings. The predicted molar refractivity (Wildman–Crippen MR) is 209 cm³/mol. The van der Waals surface area contributed by atoms with Crippen LogP contribution in [0.2, 0.25) is 0 Å². The van der Waals surface area contributed by atoms with Crippen molar-refractivity contribution < 1.29 is 56.4 Å². The molecule has 14 heteroatoms. The van der Waals surface area contributed by atoms with Crippen LogP contribution in [-0.4, -0.2) is 86.8 Å². The van der Waals surface area contributed by atoms with E-state index >= 15 is 0 Å². The first-order valence-corrected chi connectivity index (χ1v) is 23.7. The molecule has 16 atom stereocenters. The number of sulfone groups is 1. The van der Waals surface area contributed by atoms with E-state index in [1.54, 1.807) is 38.4 Å². The quantitative estimate of drug-likeness (QED) is 0.227. The molecule has 0 aromatic heterocycles. The van der Waals surface area contributed by atoms with Crippen LogP contribution in [0.5, 0.6) is 0 Å². The summed E-state index contributed by atoms with van der Waals surface area (Å²) in [6.45, 7) is 13.0. The molecule has 0 unspecified atom stereocenters. The number of fused-ring (bicyclic) bond motifs is 4. The maximum Gasteiger partial charge on any atom is 0.409 e. The molecule has 11 rings (SSSR count). The van der Waals surface area contributed by atoms with Crippen LogP contribution in [0.3, 0.4) is 0 Å². The van der Waals surface area contributed by atoms with Gasteiger partial charge in [-0.05, 0) is 124 Å². The summed E-state index contributed by atoms with van der Waals surface area (Å²) in [4.78, 5) is 38.7. The largest absolute Gasteiger partial charge is 0.445 e. The van der Waals surface area contributed by atoms with Gasteiger partial charge in [0.05, 0.1) is 22.9 Å². The first-order chi connectivity index (χ1) is 27.5. The molecule has 0 radical (unpaired) electrons. The highest BCUT2D eigenvalue weighted by Crippen LogP contribution is 2.63. The molecule has 10 fully saturated rings. The summed E-state index contributed by atoms with van der Waals surface area (Å²) in [5.74, 6) is -0.463. The molecule has 2 saturated carbocycles. The van der Waals surface area contributed by atoms with Gasteiger partial charge in [0.2, 0.25) is 11.6 Å². The van der Waals surface area contributed by atoms with Crippen molar-refractivity contribution in [1.29, 1.82) is 0 Å². The van der Waals surface area contributed by atoms with Gasteiger partial charge in [-0.15, -0.1) is 0 Å². The van der Waals surface area contributed by atoms with Crippen LogP contribution in [0.15, 0.2) is 29.2 Å². The number of nitrogens with zero attached hydrogens (tertiary/aromatic N) is 1. The second kappa shape index (κ2) is 14.9. The van der Waals surface area contributed by atoms with Crippen LogP contribution in [0.4, 0.5) is 4.79 Å². The normalized spacial score (nSPS) is 47.2. The van der Waals surface area contributed by atoms with Crippen LogP contribution in [-0.2, 0) is 59.7 Å². The van der Waals surface area contributed by atoms with Gasteiger partial charge in [-0.1, -0.05) is 39.8 Å². The predicted octanol–water partition coefficient (Wildman–Crippen LogP) is 7.56. The van der Waals surface area contributed by atoms with E-state index in [9.17, 15) is 13.2 Å². The molecule has 324 valence electrons. The van der Waals surface area contributed by atoms with Gasteiger partial charge in [-0.2, -0.15) is 0 Å².